The second-order valence-corrected chi connectivity index (χ2v) is 5.39. The first-order chi connectivity index (χ1) is 6.84. The summed E-state index contributed by atoms with van der Waals surface area (Å²) in [6, 6.07) is 1.25. The van der Waals surface area contributed by atoms with Gasteiger partial charge in [-0.1, -0.05) is 13.8 Å². The molecule has 0 radical (unpaired) electrons. The zero-order valence-electron chi connectivity index (χ0n) is 11.7. The Bertz CT molecular complexity index is 164. The van der Waals surface area contributed by atoms with Gasteiger partial charge >= 0.3 is 0 Å². The van der Waals surface area contributed by atoms with Gasteiger partial charge in [-0.05, 0) is 47.6 Å². The third kappa shape index (κ3) is 5.53. The number of hydrogen-bond donors (Lipinski definition) is 1. The van der Waals surface area contributed by atoms with Gasteiger partial charge in [0.15, 0.2) is 0 Å². The molecule has 92 valence electrons. The molecule has 1 atom stereocenters. The van der Waals surface area contributed by atoms with E-state index in [4.69, 9.17) is 0 Å². The fraction of sp³-hybridized carbons (Fsp3) is 1.00. The molecule has 0 aliphatic carbocycles. The zero-order valence-corrected chi connectivity index (χ0v) is 11.7. The molecule has 15 heavy (non-hydrogen) atoms. The molecule has 0 saturated heterocycles. The summed E-state index contributed by atoms with van der Waals surface area (Å²) in [5, 5.41) is 3.64. The summed E-state index contributed by atoms with van der Waals surface area (Å²) in [6.07, 6.45) is 1.17. The molecule has 0 bridgehead atoms. The standard InChI is InChI=1S/C13H30N2/c1-8-13(6,7)14-10-12(5)15(9-2)11(3)4/h11-12,14H,8-10H2,1-7H3. The molecule has 0 fully saturated rings. The first kappa shape index (κ1) is 14.9. The van der Waals surface area contributed by atoms with Crippen LogP contribution in [0.2, 0.25) is 0 Å². The van der Waals surface area contributed by atoms with E-state index in [1.165, 1.54) is 6.42 Å². The van der Waals surface area contributed by atoms with Crippen LogP contribution in [0.5, 0.6) is 0 Å². The molecule has 1 N–H and O–H groups in total. The van der Waals surface area contributed by atoms with Crippen molar-refractivity contribution < 1.29 is 0 Å². The van der Waals surface area contributed by atoms with Crippen LogP contribution < -0.4 is 5.32 Å². The van der Waals surface area contributed by atoms with Gasteiger partial charge in [0.25, 0.3) is 0 Å². The number of likely N-dealkylation sites (N-methyl/N-ethyl adjacent to an activating group) is 1. The van der Waals surface area contributed by atoms with Gasteiger partial charge in [-0.3, -0.25) is 4.90 Å². The average molecular weight is 214 g/mol. The Hall–Kier alpha value is -0.0800. The molecule has 0 aromatic rings. The minimum Gasteiger partial charge on any atom is -0.310 e. The summed E-state index contributed by atoms with van der Waals surface area (Å²) in [4.78, 5) is 2.53. The second-order valence-electron chi connectivity index (χ2n) is 5.39. The molecule has 0 aromatic carbocycles. The minimum atomic E-state index is 0.269. The van der Waals surface area contributed by atoms with Crippen LogP contribution in [-0.4, -0.2) is 35.6 Å². The Morgan fingerprint density at radius 2 is 1.67 bits per heavy atom. The smallest absolute Gasteiger partial charge is 0.0195 e. The van der Waals surface area contributed by atoms with Crippen molar-refractivity contribution in [2.45, 2.75) is 72.5 Å². The van der Waals surface area contributed by atoms with Crippen molar-refractivity contribution in [3.63, 3.8) is 0 Å². The van der Waals surface area contributed by atoms with E-state index in [9.17, 15) is 0 Å². The summed E-state index contributed by atoms with van der Waals surface area (Å²) in [6.45, 7) is 18.1. The van der Waals surface area contributed by atoms with Gasteiger partial charge in [-0.2, -0.15) is 0 Å². The van der Waals surface area contributed by atoms with Crippen LogP contribution in [0.25, 0.3) is 0 Å². The van der Waals surface area contributed by atoms with E-state index in [0.717, 1.165) is 13.1 Å². The fourth-order valence-electron chi connectivity index (χ4n) is 1.85. The molecule has 0 rings (SSSR count). The van der Waals surface area contributed by atoms with Crippen LogP contribution in [0.3, 0.4) is 0 Å². The predicted octanol–water partition coefficient (Wildman–Crippen LogP) is 2.88. The molecule has 0 aliphatic rings. The molecule has 2 nitrogen and oxygen atoms in total. The zero-order chi connectivity index (χ0) is 12.1. The first-order valence-corrected chi connectivity index (χ1v) is 6.34. The molecule has 0 spiro atoms. The highest BCUT2D eigenvalue weighted by molar-refractivity contribution is 4.79. The van der Waals surface area contributed by atoms with Gasteiger partial charge in [0.1, 0.15) is 0 Å². The number of hydrogen-bond acceptors (Lipinski definition) is 2. The van der Waals surface area contributed by atoms with Gasteiger partial charge in [0.2, 0.25) is 0 Å². The summed E-state index contributed by atoms with van der Waals surface area (Å²) >= 11 is 0. The lowest BCUT2D eigenvalue weighted by Gasteiger charge is -2.34. The molecule has 2 heteroatoms. The topological polar surface area (TPSA) is 15.3 Å². The largest absolute Gasteiger partial charge is 0.310 e. The molecule has 0 amide bonds. The van der Waals surface area contributed by atoms with Crippen LogP contribution in [0.1, 0.15) is 54.9 Å². The number of nitrogens with zero attached hydrogens (tertiary/aromatic N) is 1. The summed E-state index contributed by atoms with van der Waals surface area (Å²) in [7, 11) is 0. The van der Waals surface area contributed by atoms with Gasteiger partial charge in [0.05, 0.1) is 0 Å². The predicted molar refractivity (Wildman–Crippen MR) is 69.4 cm³/mol. The molecule has 0 aliphatic heterocycles. The van der Waals surface area contributed by atoms with Crippen molar-refractivity contribution in [1.82, 2.24) is 10.2 Å². The van der Waals surface area contributed by atoms with Crippen molar-refractivity contribution in [3.8, 4) is 0 Å². The van der Waals surface area contributed by atoms with Gasteiger partial charge < -0.3 is 5.32 Å². The third-order valence-corrected chi connectivity index (χ3v) is 3.35. The van der Waals surface area contributed by atoms with E-state index >= 15 is 0 Å². The Morgan fingerprint density at radius 1 is 1.13 bits per heavy atom. The van der Waals surface area contributed by atoms with Crippen LogP contribution >= 0.6 is 0 Å². The van der Waals surface area contributed by atoms with E-state index in [1.807, 2.05) is 0 Å². The van der Waals surface area contributed by atoms with Crippen LogP contribution in [0.4, 0.5) is 0 Å². The second kappa shape index (κ2) is 6.49. The Kier molecular flexibility index (Phi) is 6.46. The van der Waals surface area contributed by atoms with Crippen molar-refractivity contribution >= 4 is 0 Å². The number of rotatable bonds is 7. The quantitative estimate of drug-likeness (QED) is 0.701. The molecule has 0 aromatic heterocycles. The highest BCUT2D eigenvalue weighted by atomic mass is 15.2. The minimum absolute atomic E-state index is 0.269. The maximum Gasteiger partial charge on any atom is 0.0195 e. The first-order valence-electron chi connectivity index (χ1n) is 6.34. The van der Waals surface area contributed by atoms with Crippen LogP contribution in [-0.2, 0) is 0 Å². The van der Waals surface area contributed by atoms with E-state index in [-0.39, 0.29) is 5.54 Å². The van der Waals surface area contributed by atoms with E-state index in [1.54, 1.807) is 0 Å². The highest BCUT2D eigenvalue weighted by Crippen LogP contribution is 2.09. The SMILES string of the molecule is CCN(C(C)C)C(C)CNC(C)(C)CC. The maximum atomic E-state index is 3.64. The summed E-state index contributed by atoms with van der Waals surface area (Å²) in [5.74, 6) is 0. The van der Waals surface area contributed by atoms with Crippen molar-refractivity contribution in [2.75, 3.05) is 13.1 Å². The van der Waals surface area contributed by atoms with Crippen LogP contribution in [0.15, 0.2) is 0 Å². The maximum absolute atomic E-state index is 3.64. The lowest BCUT2D eigenvalue weighted by molar-refractivity contribution is 0.161. The van der Waals surface area contributed by atoms with Crippen molar-refractivity contribution in [3.05, 3.63) is 0 Å². The lowest BCUT2D eigenvalue weighted by atomic mass is 10.0. The van der Waals surface area contributed by atoms with Crippen molar-refractivity contribution in [2.24, 2.45) is 0 Å². The average Bonchev–Trinajstić information content (AvgIpc) is 2.15. The van der Waals surface area contributed by atoms with Gasteiger partial charge in [-0.25, -0.2) is 0 Å². The summed E-state index contributed by atoms with van der Waals surface area (Å²) in [5.41, 5.74) is 0.269. The van der Waals surface area contributed by atoms with Crippen molar-refractivity contribution in [1.29, 1.82) is 0 Å². The molecule has 1 unspecified atom stereocenters. The Morgan fingerprint density at radius 3 is 2.00 bits per heavy atom. The normalized spacial score (nSPS) is 15.0. The van der Waals surface area contributed by atoms with Gasteiger partial charge in [-0.15, -0.1) is 0 Å². The summed E-state index contributed by atoms with van der Waals surface area (Å²) < 4.78 is 0. The molecular weight excluding hydrogens is 184 g/mol. The Balaban J connectivity index is 4.06. The Labute approximate surface area is 96.4 Å². The third-order valence-electron chi connectivity index (χ3n) is 3.35. The van der Waals surface area contributed by atoms with Gasteiger partial charge in [0, 0.05) is 24.2 Å². The van der Waals surface area contributed by atoms with E-state index < -0.39 is 0 Å². The van der Waals surface area contributed by atoms with Crippen LogP contribution in [0, 0.1) is 0 Å². The molecule has 0 heterocycles. The van der Waals surface area contributed by atoms with E-state index in [0.29, 0.717) is 12.1 Å². The lowest BCUT2D eigenvalue weighted by Crippen LogP contribution is -2.49. The molecule has 0 saturated carbocycles. The highest BCUT2D eigenvalue weighted by Gasteiger charge is 2.19. The van der Waals surface area contributed by atoms with E-state index in [2.05, 4.69) is 58.7 Å². The fourth-order valence-corrected chi connectivity index (χ4v) is 1.85. The molecular formula is C13H30N2. The number of nitrogens with one attached hydrogen (secondary N) is 1. The monoisotopic (exact) mass is 214 g/mol.